The molecule has 2 aromatic heterocycles. The van der Waals surface area contributed by atoms with Gasteiger partial charge in [0.25, 0.3) is 0 Å². The summed E-state index contributed by atoms with van der Waals surface area (Å²) >= 11 is 11.8. The molecule has 0 bridgehead atoms. The van der Waals surface area contributed by atoms with Gasteiger partial charge in [0.2, 0.25) is 5.91 Å². The van der Waals surface area contributed by atoms with Crippen LogP contribution in [0.2, 0.25) is 10.0 Å². The summed E-state index contributed by atoms with van der Waals surface area (Å²) in [5.74, 6) is 2.05. The number of amides is 3. The van der Waals surface area contributed by atoms with Gasteiger partial charge in [0, 0.05) is 86.4 Å². The van der Waals surface area contributed by atoms with Crippen LogP contribution in [-0.2, 0) is 4.79 Å². The smallest absolute Gasteiger partial charge is 0.320 e. The summed E-state index contributed by atoms with van der Waals surface area (Å²) in [5, 5.41) is 7.83. The predicted octanol–water partition coefficient (Wildman–Crippen LogP) is 9.13. The predicted molar refractivity (Wildman–Crippen MR) is 257 cm³/mol. The fourth-order valence-electron chi connectivity index (χ4n) is 8.47. The number of nitrogens with zero attached hydrogens (tertiary/aromatic N) is 7. The number of primary amides is 1. The maximum atomic E-state index is 13.6. The van der Waals surface area contributed by atoms with E-state index in [9.17, 15) is 18.4 Å². The highest BCUT2D eigenvalue weighted by molar-refractivity contribution is 6.31. The normalized spacial score (nSPS) is 15.9. The first-order valence-corrected chi connectivity index (χ1v) is 23.2. The summed E-state index contributed by atoms with van der Waals surface area (Å²) in [6, 6.07) is 16.2. The van der Waals surface area contributed by atoms with Crippen molar-refractivity contribution in [2.45, 2.75) is 57.2 Å². The molecular formula is C48H52Cl2F2N10O6. The van der Waals surface area contributed by atoms with E-state index < -0.39 is 11.6 Å². The number of urea groups is 1. The summed E-state index contributed by atoms with van der Waals surface area (Å²) in [7, 11) is 3.17. The molecule has 0 radical (unpaired) electrons. The van der Waals surface area contributed by atoms with E-state index in [-0.39, 0.29) is 40.7 Å². The van der Waals surface area contributed by atoms with E-state index in [1.54, 1.807) is 32.4 Å². The van der Waals surface area contributed by atoms with E-state index in [1.807, 2.05) is 32.9 Å². The second-order valence-electron chi connectivity index (χ2n) is 16.7. The Morgan fingerprint density at radius 2 is 1.09 bits per heavy atom. The van der Waals surface area contributed by atoms with Crippen molar-refractivity contribution in [1.82, 2.24) is 34.6 Å². The highest BCUT2D eigenvalue weighted by Crippen LogP contribution is 2.38. The number of benzene rings is 4. The molecule has 20 heteroatoms. The van der Waals surface area contributed by atoms with Gasteiger partial charge in [-0.25, -0.2) is 33.5 Å². The third-order valence-electron chi connectivity index (χ3n) is 12.0. The summed E-state index contributed by atoms with van der Waals surface area (Å²) in [5.41, 5.74) is 7.82. The Labute approximate surface area is 402 Å². The molecule has 5 heterocycles. The summed E-state index contributed by atoms with van der Waals surface area (Å²) in [6.07, 6.45) is 9.20. The molecule has 0 spiro atoms. The lowest BCUT2D eigenvalue weighted by molar-refractivity contribution is -0.119. The van der Waals surface area contributed by atoms with Crippen LogP contribution in [0, 0.1) is 11.6 Å². The van der Waals surface area contributed by atoms with Crippen LogP contribution >= 0.6 is 23.2 Å². The second kappa shape index (κ2) is 22.1. The first-order valence-electron chi connectivity index (χ1n) is 22.4. The van der Waals surface area contributed by atoms with E-state index in [2.05, 4.69) is 30.6 Å². The van der Waals surface area contributed by atoms with E-state index in [1.165, 1.54) is 43.3 Å². The number of carbonyl (C=O) groups excluding carboxylic acids is 2. The number of nitrogens with two attached hydrogens (primary N) is 1. The number of ether oxygens (including phenoxy) is 4. The van der Waals surface area contributed by atoms with Crippen molar-refractivity contribution >= 4 is 80.0 Å². The molecule has 3 amide bonds. The number of aromatic nitrogens is 4. The molecule has 3 aliphatic rings. The van der Waals surface area contributed by atoms with Crippen LogP contribution in [0.4, 0.5) is 36.6 Å². The monoisotopic (exact) mass is 972 g/mol. The van der Waals surface area contributed by atoms with E-state index in [0.29, 0.717) is 70.1 Å². The van der Waals surface area contributed by atoms with E-state index in [0.717, 1.165) is 75.5 Å². The van der Waals surface area contributed by atoms with Gasteiger partial charge in [-0.2, -0.15) is 0 Å². The molecule has 0 unspecified atom stereocenters. The number of halogens is 4. The Hall–Kier alpha value is -6.50. The number of anilines is 4. The number of nitrogens with one attached hydrogen (secondary N) is 2. The lowest BCUT2D eigenvalue weighted by Crippen LogP contribution is -2.49. The van der Waals surface area contributed by atoms with Crippen molar-refractivity contribution in [1.29, 1.82) is 0 Å². The fraction of sp³-hybridized carbons (Fsp3) is 0.375. The van der Waals surface area contributed by atoms with Crippen LogP contribution < -0.4 is 35.3 Å². The first kappa shape index (κ1) is 48.0. The summed E-state index contributed by atoms with van der Waals surface area (Å²) in [6.45, 7) is 4.74. The minimum absolute atomic E-state index is 0.0155. The van der Waals surface area contributed by atoms with Crippen molar-refractivity contribution in [2.75, 3.05) is 70.7 Å². The zero-order valence-corrected chi connectivity index (χ0v) is 39.2. The Kier molecular flexibility index (Phi) is 15.6. The van der Waals surface area contributed by atoms with Crippen molar-refractivity contribution in [3.8, 4) is 23.0 Å². The molecule has 9 rings (SSSR count). The van der Waals surface area contributed by atoms with Crippen LogP contribution in [0.3, 0.4) is 0 Å². The quantitative estimate of drug-likeness (QED) is 0.106. The van der Waals surface area contributed by atoms with Gasteiger partial charge in [-0.3, -0.25) is 9.69 Å². The Bertz CT molecular complexity index is 2750. The number of carbonyl (C=O) groups is 2. The zero-order chi connectivity index (χ0) is 47.7. The highest BCUT2D eigenvalue weighted by Gasteiger charge is 2.29. The Morgan fingerprint density at radius 1 is 0.632 bits per heavy atom. The molecule has 3 aliphatic heterocycles. The van der Waals surface area contributed by atoms with Crippen LogP contribution in [0.15, 0.2) is 73.3 Å². The number of rotatable bonds is 12. The van der Waals surface area contributed by atoms with E-state index in [4.69, 9.17) is 47.9 Å². The number of methoxy groups -OCH3 is 2. The number of fused-ring (bicyclic) bond motifs is 2. The van der Waals surface area contributed by atoms with Gasteiger partial charge in [0.05, 0.1) is 41.8 Å². The lowest BCUT2D eigenvalue weighted by Gasteiger charge is -2.37. The SMILES string of the molecule is COc1cc2ncnc(Nc3ccc(F)c(Cl)c3)c2cc1OC1CCN(C(=O)N2CCCCC2)CC1.COc1cc2ncnc(Nc3ccc(F)c(Cl)c3)c2cc1OC1CCN(CC(N)=O)CC1. The van der Waals surface area contributed by atoms with Gasteiger partial charge >= 0.3 is 6.03 Å². The molecule has 16 nitrogen and oxygen atoms in total. The van der Waals surface area contributed by atoms with Crippen molar-refractivity contribution in [2.24, 2.45) is 5.73 Å². The van der Waals surface area contributed by atoms with Gasteiger partial charge in [-0.15, -0.1) is 0 Å². The second-order valence-corrected chi connectivity index (χ2v) is 17.5. The molecule has 4 N–H and O–H groups in total. The minimum atomic E-state index is -0.493. The maximum absolute atomic E-state index is 13.6. The van der Waals surface area contributed by atoms with Gasteiger partial charge in [0.1, 0.15) is 48.1 Å². The molecular weight excluding hydrogens is 921 g/mol. The average Bonchev–Trinajstić information content (AvgIpc) is 3.34. The molecule has 0 saturated carbocycles. The molecule has 0 atom stereocenters. The summed E-state index contributed by atoms with van der Waals surface area (Å²) < 4.78 is 50.8. The third kappa shape index (κ3) is 11.8. The van der Waals surface area contributed by atoms with Gasteiger partial charge in [0.15, 0.2) is 23.0 Å². The largest absolute Gasteiger partial charge is 0.493 e. The Balaban J connectivity index is 0.000000185. The van der Waals surface area contributed by atoms with Crippen LogP contribution in [0.5, 0.6) is 23.0 Å². The number of likely N-dealkylation sites (tertiary alicyclic amines) is 3. The first-order chi connectivity index (χ1) is 32.9. The average molecular weight is 974 g/mol. The lowest BCUT2D eigenvalue weighted by atomic mass is 10.1. The third-order valence-corrected chi connectivity index (χ3v) is 12.6. The zero-order valence-electron chi connectivity index (χ0n) is 37.7. The standard InChI is InChI=1S/C26H29ClFN5O3.C22H23ClFN5O3/c1-35-23-15-22-19(25(30-16-29-22)31-17-5-6-21(28)20(27)13-17)14-24(23)36-18-7-11-33(12-8-18)26(34)32-9-3-2-4-10-32;1-31-19-10-18-15(9-20(19)32-14-4-6-29(7-5-14)11-21(25)30)22(27-12-26-18)28-13-2-3-17(24)16(23)8-13/h5-6,13-16,18H,2-4,7-12H2,1H3,(H,29,30,31);2-3,8-10,12,14H,4-7,11H2,1H3,(H2,25,30)(H,26,27,28). The number of piperidine rings is 3. The van der Waals surface area contributed by atoms with Crippen molar-refractivity contribution in [3.63, 3.8) is 0 Å². The number of hydrogen-bond acceptors (Lipinski definition) is 13. The van der Waals surface area contributed by atoms with E-state index >= 15 is 0 Å². The maximum Gasteiger partial charge on any atom is 0.320 e. The molecule has 68 heavy (non-hydrogen) atoms. The van der Waals surface area contributed by atoms with Gasteiger partial charge in [-0.05, 0) is 80.6 Å². The summed E-state index contributed by atoms with van der Waals surface area (Å²) in [4.78, 5) is 47.3. The molecule has 358 valence electrons. The molecule has 4 aromatic carbocycles. The van der Waals surface area contributed by atoms with Crippen LogP contribution in [0.25, 0.3) is 21.8 Å². The molecule has 0 aliphatic carbocycles. The fourth-order valence-corrected chi connectivity index (χ4v) is 8.83. The molecule has 6 aromatic rings. The van der Waals surface area contributed by atoms with Crippen molar-refractivity contribution < 1.29 is 37.3 Å². The van der Waals surface area contributed by atoms with Crippen molar-refractivity contribution in [3.05, 3.63) is 95.0 Å². The minimum Gasteiger partial charge on any atom is -0.493 e. The molecule has 3 fully saturated rings. The van der Waals surface area contributed by atoms with Gasteiger partial charge < -0.3 is 45.1 Å². The van der Waals surface area contributed by atoms with Crippen LogP contribution in [-0.4, -0.2) is 119 Å². The Morgan fingerprint density at radius 3 is 1.53 bits per heavy atom. The van der Waals surface area contributed by atoms with Crippen LogP contribution in [0.1, 0.15) is 44.9 Å². The topological polar surface area (TPSA) is 182 Å². The highest BCUT2D eigenvalue weighted by atomic mass is 35.5. The van der Waals surface area contributed by atoms with Gasteiger partial charge in [-0.1, -0.05) is 23.2 Å². The number of hydrogen-bond donors (Lipinski definition) is 3. The molecule has 3 saturated heterocycles.